The molecule has 1 N–H and O–H groups in total. The molecule has 2 rings (SSSR count). The third kappa shape index (κ3) is 3.47. The molecule has 20 heavy (non-hydrogen) atoms. The maximum atomic E-state index is 11.7. The zero-order valence-corrected chi connectivity index (χ0v) is 12.1. The van der Waals surface area contributed by atoms with Gasteiger partial charge in [-0.05, 0) is 25.0 Å². The Kier molecular flexibility index (Phi) is 4.27. The van der Waals surface area contributed by atoms with E-state index in [1.165, 1.54) is 12.3 Å². The highest BCUT2D eigenvalue weighted by atomic mass is 32.2. The molecule has 1 atom stereocenters. The van der Waals surface area contributed by atoms with Gasteiger partial charge < -0.3 is 10.0 Å². The van der Waals surface area contributed by atoms with Gasteiger partial charge in [-0.15, -0.1) is 0 Å². The van der Waals surface area contributed by atoms with E-state index in [0.717, 1.165) is 12.8 Å². The number of carboxylic acid groups (broad SMARTS) is 1. The number of pyridine rings is 1. The third-order valence-corrected chi connectivity index (χ3v) is 5.11. The maximum Gasteiger partial charge on any atom is 0.354 e. The number of anilines is 1. The lowest BCUT2D eigenvalue weighted by Crippen LogP contribution is -2.35. The Balaban J connectivity index is 2.26. The zero-order valence-electron chi connectivity index (χ0n) is 11.3. The first-order valence-corrected chi connectivity index (χ1v) is 8.47. The van der Waals surface area contributed by atoms with Crippen molar-refractivity contribution in [1.82, 2.24) is 4.98 Å². The van der Waals surface area contributed by atoms with Crippen molar-refractivity contribution in [2.75, 3.05) is 24.2 Å². The average molecular weight is 298 g/mol. The standard InChI is InChI=1S/C13H18N2O4S/c1-20(18,19)10-5-2-3-8-15(9-10)12-7-4-6-11(14-12)13(16)17/h4,6-7,10H,2-3,5,8-9H2,1H3,(H,16,17). The van der Waals surface area contributed by atoms with Crippen molar-refractivity contribution in [1.29, 1.82) is 0 Å². The number of aromatic nitrogens is 1. The number of rotatable bonds is 3. The van der Waals surface area contributed by atoms with Crippen LogP contribution in [0.15, 0.2) is 18.2 Å². The molecule has 1 saturated heterocycles. The Hall–Kier alpha value is -1.63. The third-order valence-electron chi connectivity index (χ3n) is 3.51. The first kappa shape index (κ1) is 14.8. The van der Waals surface area contributed by atoms with E-state index >= 15 is 0 Å². The molecule has 6 nitrogen and oxygen atoms in total. The summed E-state index contributed by atoms with van der Waals surface area (Å²) in [6.07, 6.45) is 3.63. The number of carboxylic acids is 1. The van der Waals surface area contributed by atoms with Crippen LogP contribution in [0.25, 0.3) is 0 Å². The quantitative estimate of drug-likeness (QED) is 0.901. The number of hydrogen-bond acceptors (Lipinski definition) is 5. The molecule has 0 amide bonds. The number of carbonyl (C=O) groups is 1. The molecule has 0 aromatic carbocycles. The second kappa shape index (κ2) is 5.78. The summed E-state index contributed by atoms with van der Waals surface area (Å²) < 4.78 is 23.5. The molecule has 7 heteroatoms. The van der Waals surface area contributed by atoms with Crippen molar-refractivity contribution in [2.45, 2.75) is 24.5 Å². The van der Waals surface area contributed by atoms with Crippen LogP contribution >= 0.6 is 0 Å². The van der Waals surface area contributed by atoms with E-state index in [0.29, 0.717) is 25.3 Å². The summed E-state index contributed by atoms with van der Waals surface area (Å²) in [6, 6.07) is 4.78. The largest absolute Gasteiger partial charge is 0.477 e. The molecule has 1 aromatic heterocycles. The molecule has 1 aromatic rings. The SMILES string of the molecule is CS(=O)(=O)C1CCCCN(c2cccc(C(=O)O)n2)C1. The van der Waals surface area contributed by atoms with Gasteiger partial charge in [0.15, 0.2) is 15.5 Å². The van der Waals surface area contributed by atoms with Gasteiger partial charge in [0.1, 0.15) is 5.82 Å². The van der Waals surface area contributed by atoms with Crippen LogP contribution in [-0.4, -0.2) is 49.1 Å². The lowest BCUT2D eigenvalue weighted by atomic mass is 10.2. The predicted molar refractivity (Wildman–Crippen MR) is 75.9 cm³/mol. The molecule has 1 fully saturated rings. The minimum Gasteiger partial charge on any atom is -0.477 e. The zero-order chi connectivity index (χ0) is 14.8. The first-order valence-electron chi connectivity index (χ1n) is 6.52. The van der Waals surface area contributed by atoms with Gasteiger partial charge in [0.05, 0.1) is 5.25 Å². The molecule has 0 spiro atoms. The van der Waals surface area contributed by atoms with Crippen LogP contribution in [0.5, 0.6) is 0 Å². The van der Waals surface area contributed by atoms with E-state index in [9.17, 15) is 13.2 Å². The van der Waals surface area contributed by atoms with E-state index in [1.807, 2.05) is 4.90 Å². The Morgan fingerprint density at radius 3 is 2.80 bits per heavy atom. The van der Waals surface area contributed by atoms with E-state index in [-0.39, 0.29) is 5.69 Å². The number of sulfone groups is 1. The summed E-state index contributed by atoms with van der Waals surface area (Å²) in [5.41, 5.74) is -0.0253. The van der Waals surface area contributed by atoms with Crippen molar-refractivity contribution in [3.05, 3.63) is 23.9 Å². The Labute approximate surface area is 118 Å². The molecule has 1 aliphatic heterocycles. The summed E-state index contributed by atoms with van der Waals surface area (Å²) >= 11 is 0. The normalized spacial score (nSPS) is 20.4. The molecule has 1 unspecified atom stereocenters. The van der Waals surface area contributed by atoms with E-state index in [4.69, 9.17) is 5.11 Å². The first-order chi connectivity index (χ1) is 9.38. The summed E-state index contributed by atoms with van der Waals surface area (Å²) in [5.74, 6) is -0.554. The van der Waals surface area contributed by atoms with Crippen LogP contribution in [0.1, 0.15) is 29.8 Å². The van der Waals surface area contributed by atoms with Gasteiger partial charge in [0, 0.05) is 19.3 Å². The van der Waals surface area contributed by atoms with E-state index < -0.39 is 21.1 Å². The van der Waals surface area contributed by atoms with Crippen LogP contribution in [0.3, 0.4) is 0 Å². The molecular formula is C13H18N2O4S. The minimum atomic E-state index is -3.10. The van der Waals surface area contributed by atoms with Crippen LogP contribution in [0, 0.1) is 0 Å². The smallest absolute Gasteiger partial charge is 0.354 e. The van der Waals surface area contributed by atoms with Gasteiger partial charge in [0.2, 0.25) is 0 Å². The molecule has 0 radical (unpaired) electrons. The highest BCUT2D eigenvalue weighted by molar-refractivity contribution is 7.91. The van der Waals surface area contributed by atoms with Crippen molar-refractivity contribution in [2.24, 2.45) is 0 Å². The molecule has 0 aliphatic carbocycles. The van der Waals surface area contributed by atoms with Crippen molar-refractivity contribution in [3.63, 3.8) is 0 Å². The number of aromatic carboxylic acids is 1. The van der Waals surface area contributed by atoms with Crippen LogP contribution < -0.4 is 4.90 Å². The van der Waals surface area contributed by atoms with E-state index in [1.54, 1.807) is 12.1 Å². The van der Waals surface area contributed by atoms with E-state index in [2.05, 4.69) is 4.98 Å². The summed E-state index contributed by atoms with van der Waals surface area (Å²) in [4.78, 5) is 16.9. The second-order valence-corrected chi connectivity index (χ2v) is 7.41. The summed E-state index contributed by atoms with van der Waals surface area (Å²) in [5, 5.41) is 8.55. The molecular weight excluding hydrogens is 280 g/mol. The number of hydrogen-bond donors (Lipinski definition) is 1. The van der Waals surface area contributed by atoms with Crippen molar-refractivity contribution < 1.29 is 18.3 Å². The van der Waals surface area contributed by atoms with Gasteiger partial charge in [-0.2, -0.15) is 0 Å². The maximum absolute atomic E-state index is 11.7. The van der Waals surface area contributed by atoms with Crippen LogP contribution in [0.4, 0.5) is 5.82 Å². The van der Waals surface area contributed by atoms with Gasteiger partial charge in [-0.25, -0.2) is 18.2 Å². The predicted octanol–water partition coefficient (Wildman–Crippen LogP) is 1.18. The molecule has 2 heterocycles. The lowest BCUT2D eigenvalue weighted by Gasteiger charge is -2.24. The molecule has 0 saturated carbocycles. The Bertz CT molecular complexity index is 600. The molecule has 110 valence electrons. The van der Waals surface area contributed by atoms with Gasteiger partial charge in [-0.1, -0.05) is 12.5 Å². The highest BCUT2D eigenvalue weighted by Crippen LogP contribution is 2.21. The highest BCUT2D eigenvalue weighted by Gasteiger charge is 2.26. The second-order valence-electron chi connectivity index (χ2n) is 5.08. The minimum absolute atomic E-state index is 0.0253. The van der Waals surface area contributed by atoms with Gasteiger partial charge in [0.25, 0.3) is 0 Å². The van der Waals surface area contributed by atoms with Crippen molar-refractivity contribution >= 4 is 21.6 Å². The van der Waals surface area contributed by atoms with Gasteiger partial charge >= 0.3 is 5.97 Å². The Morgan fingerprint density at radius 2 is 2.15 bits per heavy atom. The summed E-state index contributed by atoms with van der Waals surface area (Å²) in [6.45, 7) is 1.07. The average Bonchev–Trinajstić information content (AvgIpc) is 2.64. The van der Waals surface area contributed by atoms with Gasteiger partial charge in [-0.3, -0.25) is 0 Å². The fourth-order valence-corrected chi connectivity index (χ4v) is 3.42. The van der Waals surface area contributed by atoms with Crippen LogP contribution in [-0.2, 0) is 9.84 Å². The Morgan fingerprint density at radius 1 is 1.40 bits per heavy atom. The number of nitrogens with zero attached hydrogens (tertiary/aromatic N) is 2. The molecule has 0 bridgehead atoms. The van der Waals surface area contributed by atoms with Crippen LogP contribution in [0.2, 0.25) is 0 Å². The fourth-order valence-electron chi connectivity index (χ4n) is 2.38. The summed E-state index contributed by atoms with van der Waals surface area (Å²) in [7, 11) is -3.10. The molecule has 1 aliphatic rings. The topological polar surface area (TPSA) is 87.6 Å². The lowest BCUT2D eigenvalue weighted by molar-refractivity contribution is 0.0690. The fraction of sp³-hybridized carbons (Fsp3) is 0.538. The van der Waals surface area contributed by atoms with Crippen molar-refractivity contribution in [3.8, 4) is 0 Å². The monoisotopic (exact) mass is 298 g/mol.